The molecule has 1 saturated heterocycles. The monoisotopic (exact) mass is 171 g/mol. The first-order chi connectivity index (χ1) is 5.66. The molecule has 0 radical (unpaired) electrons. The van der Waals surface area contributed by atoms with Gasteiger partial charge in [-0.05, 0) is 12.8 Å². The van der Waals surface area contributed by atoms with E-state index in [1.807, 2.05) is 0 Å². The van der Waals surface area contributed by atoms with Crippen LogP contribution in [0.25, 0.3) is 0 Å². The summed E-state index contributed by atoms with van der Waals surface area (Å²) < 4.78 is 4.58. The van der Waals surface area contributed by atoms with E-state index in [4.69, 9.17) is 0 Å². The highest BCUT2D eigenvalue weighted by Crippen LogP contribution is 2.16. The van der Waals surface area contributed by atoms with E-state index in [2.05, 4.69) is 4.74 Å². The number of likely N-dealkylation sites (N-methyl/N-ethyl adjacent to an activating group) is 1. The lowest BCUT2D eigenvalue weighted by atomic mass is 10.0. The first kappa shape index (κ1) is 9.03. The van der Waals surface area contributed by atoms with Crippen molar-refractivity contribution in [2.45, 2.75) is 25.3 Å². The summed E-state index contributed by atoms with van der Waals surface area (Å²) in [4.78, 5) is 23.7. The molecule has 1 atom stereocenters. The molecule has 1 aliphatic heterocycles. The summed E-state index contributed by atoms with van der Waals surface area (Å²) in [5.41, 5.74) is 0. The van der Waals surface area contributed by atoms with Crippen molar-refractivity contribution in [2.75, 3.05) is 14.2 Å². The Hall–Kier alpha value is -1.06. The van der Waals surface area contributed by atoms with Crippen LogP contribution >= 0.6 is 0 Å². The number of hydrogen-bond donors (Lipinski definition) is 0. The number of nitrogens with zero attached hydrogens (tertiary/aromatic N) is 1. The van der Waals surface area contributed by atoms with Crippen LogP contribution in [0, 0.1) is 0 Å². The molecule has 0 aromatic carbocycles. The number of likely N-dealkylation sites (tertiary alicyclic amines) is 1. The van der Waals surface area contributed by atoms with Gasteiger partial charge in [-0.1, -0.05) is 0 Å². The fourth-order valence-corrected chi connectivity index (χ4v) is 1.40. The third-order valence-electron chi connectivity index (χ3n) is 2.20. The Labute approximate surface area is 71.5 Å². The van der Waals surface area contributed by atoms with E-state index in [0.29, 0.717) is 6.42 Å². The standard InChI is InChI=1S/C8H13NO3/c1-9-6(8(11)12-2)4-3-5-7(9)10/h6H,3-5H2,1-2H3. The number of ether oxygens (including phenoxy) is 1. The molecule has 0 spiro atoms. The lowest BCUT2D eigenvalue weighted by Gasteiger charge is -2.29. The molecule has 1 rings (SSSR count). The Morgan fingerprint density at radius 1 is 1.67 bits per heavy atom. The summed E-state index contributed by atoms with van der Waals surface area (Å²) in [6.07, 6.45) is 2.04. The second-order valence-electron chi connectivity index (χ2n) is 2.94. The highest BCUT2D eigenvalue weighted by molar-refractivity contribution is 5.85. The number of methoxy groups -OCH3 is 1. The molecule has 1 unspecified atom stereocenters. The predicted molar refractivity (Wildman–Crippen MR) is 42.4 cm³/mol. The number of rotatable bonds is 1. The van der Waals surface area contributed by atoms with Crippen LogP contribution < -0.4 is 0 Å². The van der Waals surface area contributed by atoms with Crippen molar-refractivity contribution in [3.63, 3.8) is 0 Å². The van der Waals surface area contributed by atoms with E-state index in [1.54, 1.807) is 7.05 Å². The summed E-state index contributed by atoms with van der Waals surface area (Å²) in [6, 6.07) is -0.365. The van der Waals surface area contributed by atoms with E-state index >= 15 is 0 Å². The molecule has 0 aliphatic carbocycles. The molecule has 68 valence electrons. The highest BCUT2D eigenvalue weighted by atomic mass is 16.5. The van der Waals surface area contributed by atoms with Crippen LogP contribution in [0.1, 0.15) is 19.3 Å². The largest absolute Gasteiger partial charge is 0.467 e. The summed E-state index contributed by atoms with van der Waals surface area (Å²) in [5.74, 6) is -0.290. The van der Waals surface area contributed by atoms with E-state index < -0.39 is 0 Å². The lowest BCUT2D eigenvalue weighted by molar-refractivity contribution is -0.154. The van der Waals surface area contributed by atoms with Gasteiger partial charge in [0.25, 0.3) is 0 Å². The number of carbonyl (C=O) groups excluding carboxylic acids is 2. The van der Waals surface area contributed by atoms with Crippen LogP contribution in [0.3, 0.4) is 0 Å². The zero-order valence-electron chi connectivity index (χ0n) is 7.37. The maximum atomic E-state index is 11.1. The van der Waals surface area contributed by atoms with Crippen LogP contribution in [0.4, 0.5) is 0 Å². The van der Waals surface area contributed by atoms with Crippen LogP contribution in [-0.4, -0.2) is 37.0 Å². The van der Waals surface area contributed by atoms with Gasteiger partial charge in [-0.15, -0.1) is 0 Å². The first-order valence-electron chi connectivity index (χ1n) is 4.00. The molecule has 0 saturated carbocycles. The topological polar surface area (TPSA) is 46.6 Å². The predicted octanol–water partition coefficient (Wildman–Crippen LogP) is 0.170. The second kappa shape index (κ2) is 3.56. The molecular formula is C8H13NO3. The summed E-state index contributed by atoms with van der Waals surface area (Å²) in [6.45, 7) is 0. The van der Waals surface area contributed by atoms with Crippen molar-refractivity contribution < 1.29 is 14.3 Å². The Balaban J connectivity index is 2.63. The Kier molecular flexibility index (Phi) is 2.68. The SMILES string of the molecule is COC(=O)C1CCCC(=O)N1C. The van der Waals surface area contributed by atoms with Gasteiger partial charge < -0.3 is 9.64 Å². The Morgan fingerprint density at radius 2 is 2.33 bits per heavy atom. The van der Waals surface area contributed by atoms with E-state index in [-0.39, 0.29) is 17.9 Å². The van der Waals surface area contributed by atoms with Gasteiger partial charge in [0.05, 0.1) is 7.11 Å². The van der Waals surface area contributed by atoms with Gasteiger partial charge in [-0.3, -0.25) is 4.79 Å². The second-order valence-corrected chi connectivity index (χ2v) is 2.94. The van der Waals surface area contributed by atoms with Crippen LogP contribution in [0.2, 0.25) is 0 Å². The van der Waals surface area contributed by atoms with Crippen LogP contribution in [-0.2, 0) is 14.3 Å². The Morgan fingerprint density at radius 3 is 2.92 bits per heavy atom. The molecule has 12 heavy (non-hydrogen) atoms. The maximum absolute atomic E-state index is 11.1. The van der Waals surface area contributed by atoms with Crippen LogP contribution in [0.5, 0.6) is 0 Å². The minimum absolute atomic E-state index is 0.0247. The van der Waals surface area contributed by atoms with Gasteiger partial charge >= 0.3 is 5.97 Å². The molecule has 1 heterocycles. The van der Waals surface area contributed by atoms with Gasteiger partial charge in [0.1, 0.15) is 6.04 Å². The van der Waals surface area contributed by atoms with Gasteiger partial charge in [-0.2, -0.15) is 0 Å². The van der Waals surface area contributed by atoms with Gasteiger partial charge in [-0.25, -0.2) is 4.79 Å². The number of carbonyl (C=O) groups is 2. The Bertz CT molecular complexity index is 202. The zero-order valence-corrected chi connectivity index (χ0v) is 7.37. The molecular weight excluding hydrogens is 158 g/mol. The summed E-state index contributed by atoms with van der Waals surface area (Å²) >= 11 is 0. The normalized spacial score (nSPS) is 24.0. The van der Waals surface area contributed by atoms with E-state index in [0.717, 1.165) is 12.8 Å². The molecule has 0 N–H and O–H groups in total. The molecule has 1 fully saturated rings. The molecule has 1 aliphatic rings. The average molecular weight is 171 g/mol. The molecule has 4 heteroatoms. The molecule has 0 aromatic heterocycles. The van der Waals surface area contributed by atoms with Gasteiger partial charge in [0.15, 0.2) is 0 Å². The quantitative estimate of drug-likeness (QED) is 0.528. The minimum atomic E-state index is -0.365. The fraction of sp³-hybridized carbons (Fsp3) is 0.750. The molecule has 4 nitrogen and oxygen atoms in total. The van der Waals surface area contributed by atoms with Crippen molar-refractivity contribution in [1.29, 1.82) is 0 Å². The molecule has 0 bridgehead atoms. The van der Waals surface area contributed by atoms with Gasteiger partial charge in [0, 0.05) is 13.5 Å². The zero-order chi connectivity index (χ0) is 9.14. The van der Waals surface area contributed by atoms with Gasteiger partial charge in [0.2, 0.25) is 5.91 Å². The molecule has 1 amide bonds. The van der Waals surface area contributed by atoms with Crippen molar-refractivity contribution in [2.24, 2.45) is 0 Å². The van der Waals surface area contributed by atoms with Crippen molar-refractivity contribution in [3.05, 3.63) is 0 Å². The van der Waals surface area contributed by atoms with Crippen molar-refractivity contribution >= 4 is 11.9 Å². The maximum Gasteiger partial charge on any atom is 0.328 e. The summed E-state index contributed by atoms with van der Waals surface area (Å²) in [7, 11) is 2.98. The smallest absolute Gasteiger partial charge is 0.328 e. The third kappa shape index (κ3) is 1.57. The number of hydrogen-bond acceptors (Lipinski definition) is 3. The first-order valence-corrected chi connectivity index (χ1v) is 4.00. The number of piperidine rings is 1. The fourth-order valence-electron chi connectivity index (χ4n) is 1.40. The third-order valence-corrected chi connectivity index (χ3v) is 2.20. The van der Waals surface area contributed by atoms with E-state index in [1.165, 1.54) is 12.0 Å². The van der Waals surface area contributed by atoms with Crippen molar-refractivity contribution in [3.8, 4) is 0 Å². The minimum Gasteiger partial charge on any atom is -0.467 e. The average Bonchev–Trinajstić information content (AvgIpc) is 2.08. The van der Waals surface area contributed by atoms with Crippen molar-refractivity contribution in [1.82, 2.24) is 4.90 Å². The van der Waals surface area contributed by atoms with Crippen LogP contribution in [0.15, 0.2) is 0 Å². The lowest BCUT2D eigenvalue weighted by Crippen LogP contribution is -2.45. The number of esters is 1. The highest BCUT2D eigenvalue weighted by Gasteiger charge is 2.30. The summed E-state index contributed by atoms with van der Waals surface area (Å²) in [5, 5.41) is 0. The molecule has 0 aromatic rings. The number of amides is 1. The van der Waals surface area contributed by atoms with E-state index in [9.17, 15) is 9.59 Å².